The summed E-state index contributed by atoms with van der Waals surface area (Å²) in [6.45, 7) is 0. The van der Waals surface area contributed by atoms with Crippen LogP contribution in [0.1, 0.15) is 0 Å². The van der Waals surface area contributed by atoms with Gasteiger partial charge in [0.25, 0.3) is 0 Å². The van der Waals surface area contributed by atoms with Crippen molar-refractivity contribution in [1.82, 2.24) is 0 Å². The SMILES string of the molecule is O=S(=O)([O-])[O-].O=S(=O)([O-])[O-].O=S(=O)([O-])[O-].[Cu+2].[Mg+2].[Mn+2]. The first-order valence-electron chi connectivity index (χ1n) is 2.00. The van der Waals surface area contributed by atoms with Gasteiger partial charge in [-0.3, -0.25) is 25.3 Å². The molecule has 12 nitrogen and oxygen atoms in total. The van der Waals surface area contributed by atoms with Crippen molar-refractivity contribution in [3.63, 3.8) is 0 Å². The topological polar surface area (TPSA) is 241 Å². The van der Waals surface area contributed by atoms with Gasteiger partial charge in [-0.1, -0.05) is 0 Å². The zero-order valence-corrected chi connectivity index (χ0v) is 13.5. The van der Waals surface area contributed by atoms with E-state index in [0.29, 0.717) is 0 Å². The van der Waals surface area contributed by atoms with E-state index < -0.39 is 31.2 Å². The minimum atomic E-state index is -5.17. The summed E-state index contributed by atoms with van der Waals surface area (Å²) in [5, 5.41) is 0. The molecular weight excluding hydrogens is 431 g/mol. The van der Waals surface area contributed by atoms with Crippen LogP contribution in [0.5, 0.6) is 0 Å². The van der Waals surface area contributed by atoms with E-state index in [-0.39, 0.29) is 57.2 Å². The Morgan fingerprint density at radius 1 is 0.500 bits per heavy atom. The molecule has 0 saturated heterocycles. The fraction of sp³-hybridized carbons (Fsp3) is 0. The van der Waals surface area contributed by atoms with Gasteiger partial charge in [-0.2, -0.15) is 0 Å². The van der Waals surface area contributed by atoms with E-state index in [0.717, 1.165) is 0 Å². The fourth-order valence-electron chi connectivity index (χ4n) is 0. The monoisotopic (exact) mass is 430 g/mol. The number of hydrogen-bond acceptors (Lipinski definition) is 12. The third kappa shape index (κ3) is 2340. The fourth-order valence-corrected chi connectivity index (χ4v) is 0. The first-order valence-corrected chi connectivity index (χ1v) is 6.00. The summed E-state index contributed by atoms with van der Waals surface area (Å²) >= 11 is 0. The predicted octanol–water partition coefficient (Wildman–Crippen LogP) is -4.40. The van der Waals surface area contributed by atoms with Gasteiger partial charge in [0.2, 0.25) is 0 Å². The van der Waals surface area contributed by atoms with E-state index in [2.05, 4.69) is 0 Å². The minimum Gasteiger partial charge on any atom is -0.759 e. The van der Waals surface area contributed by atoms with Gasteiger partial charge in [0.15, 0.2) is 0 Å². The molecule has 0 aromatic heterocycles. The summed E-state index contributed by atoms with van der Waals surface area (Å²) in [7, 11) is -15.5. The Labute approximate surface area is 140 Å². The molecule has 0 amide bonds. The standard InChI is InChI=1S/Cu.Mg.Mn.3H2O4S/c;;;3*1-5(2,3)4/h;;;3*(H2,1,2,3,4)/q3*+2;;;/p-6. The van der Waals surface area contributed by atoms with Crippen LogP contribution in [-0.4, -0.2) is 75.6 Å². The normalized spacial score (nSPS) is 9.67. The van der Waals surface area contributed by atoms with E-state index in [9.17, 15) is 0 Å². The number of hydrogen-bond donors (Lipinski definition) is 0. The summed E-state index contributed by atoms with van der Waals surface area (Å²) < 4.78 is 102. The molecule has 0 aliphatic heterocycles. The molecule has 0 bridgehead atoms. The Bertz CT molecular complexity index is 348. The molecule has 0 heterocycles. The van der Waals surface area contributed by atoms with E-state index in [1.54, 1.807) is 0 Å². The zero-order valence-electron chi connectivity index (χ0n) is 7.51. The molecule has 0 saturated carbocycles. The Morgan fingerprint density at radius 2 is 0.500 bits per heavy atom. The van der Waals surface area contributed by atoms with Crippen molar-refractivity contribution in [3.05, 3.63) is 0 Å². The largest absolute Gasteiger partial charge is 2.00 e. The summed E-state index contributed by atoms with van der Waals surface area (Å²) in [4.78, 5) is 0. The molecule has 0 spiro atoms. The van der Waals surface area contributed by atoms with Crippen LogP contribution in [0.2, 0.25) is 0 Å². The van der Waals surface area contributed by atoms with Crippen molar-refractivity contribution >= 4 is 54.2 Å². The van der Waals surface area contributed by atoms with Crippen LogP contribution >= 0.6 is 0 Å². The van der Waals surface area contributed by atoms with Gasteiger partial charge >= 0.3 is 57.2 Å². The Kier molecular flexibility index (Phi) is 30.1. The maximum Gasteiger partial charge on any atom is 2.00 e. The molecular formula is CuMgMnO12S3. The minimum absolute atomic E-state index is 0. The third-order valence-electron chi connectivity index (χ3n) is 0. The second-order valence-corrected chi connectivity index (χ2v) is 3.67. The molecule has 0 rings (SSSR count). The van der Waals surface area contributed by atoms with Gasteiger partial charge in [-0.15, -0.1) is 0 Å². The van der Waals surface area contributed by atoms with Crippen LogP contribution in [0.4, 0.5) is 0 Å². The predicted molar refractivity (Wildman–Crippen MR) is 37.2 cm³/mol. The molecule has 0 aromatic carbocycles. The summed E-state index contributed by atoms with van der Waals surface area (Å²) in [5.41, 5.74) is 0. The van der Waals surface area contributed by atoms with E-state index >= 15 is 0 Å². The summed E-state index contributed by atoms with van der Waals surface area (Å²) in [5.74, 6) is 0. The first-order chi connectivity index (χ1) is 6.00. The average molecular weight is 431 g/mol. The van der Waals surface area contributed by atoms with Crippen molar-refractivity contribution < 1.29 is 86.7 Å². The van der Waals surface area contributed by atoms with E-state index in [1.165, 1.54) is 0 Å². The molecule has 0 aromatic rings. The van der Waals surface area contributed by atoms with Crippen molar-refractivity contribution in [2.45, 2.75) is 0 Å². The van der Waals surface area contributed by atoms with Gasteiger partial charge in [0, 0.05) is 31.2 Å². The van der Waals surface area contributed by atoms with Gasteiger partial charge < -0.3 is 27.3 Å². The Morgan fingerprint density at radius 3 is 0.500 bits per heavy atom. The second-order valence-electron chi connectivity index (χ2n) is 1.22. The van der Waals surface area contributed by atoms with Gasteiger partial charge in [-0.05, 0) is 0 Å². The van der Waals surface area contributed by atoms with Crippen molar-refractivity contribution in [2.24, 2.45) is 0 Å². The maximum atomic E-state index is 8.52. The van der Waals surface area contributed by atoms with E-state index in [4.69, 9.17) is 52.6 Å². The first kappa shape index (κ1) is 36.6. The molecule has 18 heteroatoms. The molecule has 0 fully saturated rings. The van der Waals surface area contributed by atoms with Gasteiger partial charge in [0.05, 0.1) is 0 Å². The molecule has 0 atom stereocenters. The van der Waals surface area contributed by atoms with Crippen molar-refractivity contribution in [1.29, 1.82) is 0 Å². The van der Waals surface area contributed by atoms with Crippen LogP contribution < -0.4 is 0 Å². The van der Waals surface area contributed by atoms with E-state index in [1.807, 2.05) is 0 Å². The molecule has 18 heavy (non-hydrogen) atoms. The van der Waals surface area contributed by atoms with Crippen LogP contribution in [0.25, 0.3) is 0 Å². The number of rotatable bonds is 0. The molecule has 110 valence electrons. The second kappa shape index (κ2) is 14.8. The molecule has 0 aliphatic rings. The third-order valence-corrected chi connectivity index (χ3v) is 0. The van der Waals surface area contributed by atoms with Crippen molar-refractivity contribution in [2.75, 3.05) is 0 Å². The molecule has 2 radical (unpaired) electrons. The van der Waals surface area contributed by atoms with Crippen LogP contribution in [0, 0.1) is 0 Å². The van der Waals surface area contributed by atoms with Gasteiger partial charge in [0.1, 0.15) is 0 Å². The zero-order chi connectivity index (χ0) is 13.5. The van der Waals surface area contributed by atoms with Crippen LogP contribution in [-0.2, 0) is 65.3 Å². The van der Waals surface area contributed by atoms with Crippen molar-refractivity contribution in [3.8, 4) is 0 Å². The molecule has 0 aliphatic carbocycles. The summed E-state index contributed by atoms with van der Waals surface area (Å²) in [6.07, 6.45) is 0. The van der Waals surface area contributed by atoms with Crippen LogP contribution in [0.3, 0.4) is 0 Å². The van der Waals surface area contributed by atoms with Crippen LogP contribution in [0.15, 0.2) is 0 Å². The summed E-state index contributed by atoms with van der Waals surface area (Å²) in [6, 6.07) is 0. The smallest absolute Gasteiger partial charge is 0.759 e. The molecule has 0 N–H and O–H groups in total. The maximum absolute atomic E-state index is 8.52. The Balaban J connectivity index is -0.0000000277. The average Bonchev–Trinajstić information content (AvgIpc) is 1.41. The van der Waals surface area contributed by atoms with Gasteiger partial charge in [-0.25, -0.2) is 0 Å². The molecule has 0 unspecified atom stereocenters. The quantitative estimate of drug-likeness (QED) is 0.201. The Hall–Kier alpha value is 1.42.